The molecule has 0 spiro atoms. The van der Waals surface area contributed by atoms with Gasteiger partial charge in [-0.25, -0.2) is 0 Å². The van der Waals surface area contributed by atoms with Gasteiger partial charge in [0.25, 0.3) is 0 Å². The van der Waals surface area contributed by atoms with E-state index in [1.54, 1.807) is 0 Å². The van der Waals surface area contributed by atoms with Crippen molar-refractivity contribution in [3.8, 4) is 0 Å². The summed E-state index contributed by atoms with van der Waals surface area (Å²) in [6.07, 6.45) is -0.412. The number of fused-ring (bicyclic) bond motifs is 1. The number of ether oxygens (including phenoxy) is 2. The quantitative estimate of drug-likeness (QED) is 0.797. The molecule has 0 atom stereocenters. The molecule has 2 aromatic rings. The van der Waals surface area contributed by atoms with Crippen molar-refractivity contribution in [2.75, 3.05) is 5.73 Å². The average Bonchev–Trinajstić information content (AvgIpc) is 2.57. The Morgan fingerprint density at radius 3 is 1.95 bits per heavy atom. The lowest BCUT2D eigenvalue weighted by atomic mass is 9.90. The van der Waals surface area contributed by atoms with Crippen LogP contribution in [0.3, 0.4) is 0 Å². The lowest BCUT2D eigenvalue weighted by Gasteiger charge is -2.30. The van der Waals surface area contributed by atoms with Crippen molar-refractivity contribution in [1.29, 1.82) is 0 Å². The smallest absolute Gasteiger partial charge is 0.187 e. The van der Waals surface area contributed by atoms with Crippen molar-refractivity contribution in [3.63, 3.8) is 0 Å². The molecule has 3 heteroatoms. The number of hydrogen-bond acceptors (Lipinski definition) is 3. The van der Waals surface area contributed by atoms with Gasteiger partial charge in [-0.3, -0.25) is 0 Å². The Morgan fingerprint density at radius 1 is 0.900 bits per heavy atom. The van der Waals surface area contributed by atoms with E-state index in [2.05, 4.69) is 18.2 Å². The van der Waals surface area contributed by atoms with Crippen molar-refractivity contribution >= 4 is 16.5 Å². The maximum atomic E-state index is 6.18. The lowest BCUT2D eigenvalue weighted by Crippen LogP contribution is -2.41. The molecule has 1 heterocycles. The van der Waals surface area contributed by atoms with Crippen LogP contribution >= 0.6 is 0 Å². The summed E-state index contributed by atoms with van der Waals surface area (Å²) in [7, 11) is 0. The Morgan fingerprint density at radius 2 is 1.40 bits per heavy atom. The Bertz CT molecular complexity index is 645. The second-order valence-electron chi connectivity index (χ2n) is 6.42. The third-order valence-corrected chi connectivity index (χ3v) is 4.46. The summed E-state index contributed by atoms with van der Waals surface area (Å²) in [5.74, 6) is 0. The second kappa shape index (κ2) is 4.21. The van der Waals surface area contributed by atoms with Gasteiger partial charge in [-0.2, -0.15) is 0 Å². The molecule has 0 saturated carbocycles. The minimum absolute atomic E-state index is 0.351. The minimum atomic E-state index is -0.412. The van der Waals surface area contributed by atoms with Crippen LogP contribution in [0.5, 0.6) is 0 Å². The molecule has 0 unspecified atom stereocenters. The number of rotatable bonds is 1. The summed E-state index contributed by atoms with van der Waals surface area (Å²) >= 11 is 0. The fourth-order valence-electron chi connectivity index (χ4n) is 2.45. The third-order valence-electron chi connectivity index (χ3n) is 4.46. The Kier molecular flexibility index (Phi) is 2.82. The standard InChI is InChI=1S/C17H21NO2/c1-16(2)17(3,4)20-15(19-16)13-9-11-7-5-6-8-12(11)10-14(13)18/h5-10,15H,18H2,1-4H3. The SMILES string of the molecule is CC1(C)OC(c2cc3ccccc3cc2N)OC1(C)C. The first-order valence-electron chi connectivity index (χ1n) is 6.94. The first kappa shape index (κ1) is 13.4. The van der Waals surface area contributed by atoms with Gasteiger partial charge < -0.3 is 15.2 Å². The highest BCUT2D eigenvalue weighted by molar-refractivity contribution is 5.86. The number of hydrogen-bond donors (Lipinski definition) is 1. The van der Waals surface area contributed by atoms with Gasteiger partial charge >= 0.3 is 0 Å². The fourth-order valence-corrected chi connectivity index (χ4v) is 2.45. The van der Waals surface area contributed by atoms with Gasteiger partial charge in [-0.1, -0.05) is 24.3 Å². The van der Waals surface area contributed by atoms with E-state index in [-0.39, 0.29) is 11.2 Å². The van der Waals surface area contributed by atoms with E-state index in [4.69, 9.17) is 15.2 Å². The molecule has 1 aliphatic rings. The van der Waals surface area contributed by atoms with Crippen molar-refractivity contribution in [3.05, 3.63) is 42.0 Å². The first-order chi connectivity index (χ1) is 9.30. The van der Waals surface area contributed by atoms with Crippen LogP contribution in [0.2, 0.25) is 0 Å². The first-order valence-corrected chi connectivity index (χ1v) is 6.94. The van der Waals surface area contributed by atoms with E-state index in [0.717, 1.165) is 16.3 Å². The summed E-state index contributed by atoms with van der Waals surface area (Å²) in [5, 5.41) is 2.27. The van der Waals surface area contributed by atoms with Crippen LogP contribution in [0.25, 0.3) is 10.8 Å². The molecule has 0 aliphatic carbocycles. The monoisotopic (exact) mass is 271 g/mol. The van der Waals surface area contributed by atoms with E-state index >= 15 is 0 Å². The van der Waals surface area contributed by atoms with Gasteiger partial charge in [0, 0.05) is 11.3 Å². The largest absolute Gasteiger partial charge is 0.398 e. The topological polar surface area (TPSA) is 44.5 Å². The summed E-state index contributed by atoms with van der Waals surface area (Å²) in [5.41, 5.74) is 7.10. The van der Waals surface area contributed by atoms with Gasteiger partial charge in [-0.05, 0) is 50.6 Å². The van der Waals surface area contributed by atoms with Crippen LogP contribution in [0.15, 0.2) is 36.4 Å². The van der Waals surface area contributed by atoms with Crippen LogP contribution in [0, 0.1) is 0 Å². The van der Waals surface area contributed by atoms with Gasteiger partial charge in [-0.15, -0.1) is 0 Å². The second-order valence-corrected chi connectivity index (χ2v) is 6.42. The Balaban J connectivity index is 2.05. The highest BCUT2D eigenvalue weighted by Gasteiger charge is 2.49. The molecule has 0 aromatic heterocycles. The van der Waals surface area contributed by atoms with Crippen LogP contribution in [0.1, 0.15) is 39.5 Å². The number of benzene rings is 2. The molecular formula is C17H21NO2. The molecule has 2 aromatic carbocycles. The lowest BCUT2D eigenvalue weighted by molar-refractivity contribution is -0.0889. The summed E-state index contributed by atoms with van der Waals surface area (Å²) in [6, 6.07) is 12.2. The molecule has 1 saturated heterocycles. The highest BCUT2D eigenvalue weighted by Crippen LogP contribution is 2.46. The normalized spacial score (nSPS) is 21.4. The number of nitrogen functional groups attached to an aromatic ring is 1. The molecule has 0 amide bonds. The minimum Gasteiger partial charge on any atom is -0.398 e. The number of nitrogens with two attached hydrogens (primary N) is 1. The molecule has 106 valence electrons. The number of anilines is 1. The zero-order valence-electron chi connectivity index (χ0n) is 12.4. The molecular weight excluding hydrogens is 250 g/mol. The molecule has 3 rings (SSSR count). The van der Waals surface area contributed by atoms with Crippen LogP contribution in [-0.4, -0.2) is 11.2 Å². The Labute approximate surface area is 119 Å². The molecule has 1 aliphatic heterocycles. The summed E-state index contributed by atoms with van der Waals surface area (Å²) in [4.78, 5) is 0. The van der Waals surface area contributed by atoms with Crippen molar-refractivity contribution in [2.24, 2.45) is 0 Å². The highest BCUT2D eigenvalue weighted by atomic mass is 16.7. The Hall–Kier alpha value is -1.58. The maximum absolute atomic E-state index is 6.18. The molecule has 2 N–H and O–H groups in total. The maximum Gasteiger partial charge on any atom is 0.187 e. The molecule has 1 fully saturated rings. The van der Waals surface area contributed by atoms with E-state index in [1.165, 1.54) is 0 Å². The average molecular weight is 271 g/mol. The van der Waals surface area contributed by atoms with Gasteiger partial charge in [0.15, 0.2) is 6.29 Å². The summed E-state index contributed by atoms with van der Waals surface area (Å²) in [6.45, 7) is 8.18. The van der Waals surface area contributed by atoms with E-state index in [1.807, 2.05) is 45.9 Å². The van der Waals surface area contributed by atoms with Gasteiger partial charge in [0.2, 0.25) is 0 Å². The van der Waals surface area contributed by atoms with Crippen molar-refractivity contribution in [1.82, 2.24) is 0 Å². The zero-order valence-corrected chi connectivity index (χ0v) is 12.4. The summed E-state index contributed by atoms with van der Waals surface area (Å²) < 4.78 is 12.2. The fraction of sp³-hybridized carbons (Fsp3) is 0.412. The van der Waals surface area contributed by atoms with Crippen LogP contribution in [0.4, 0.5) is 5.69 Å². The predicted octanol–water partition coefficient (Wildman–Crippen LogP) is 4.02. The van der Waals surface area contributed by atoms with Crippen molar-refractivity contribution < 1.29 is 9.47 Å². The van der Waals surface area contributed by atoms with Crippen LogP contribution in [-0.2, 0) is 9.47 Å². The zero-order chi connectivity index (χ0) is 14.5. The third kappa shape index (κ3) is 1.98. The van der Waals surface area contributed by atoms with Crippen LogP contribution < -0.4 is 5.73 Å². The van der Waals surface area contributed by atoms with E-state index in [0.29, 0.717) is 5.69 Å². The van der Waals surface area contributed by atoms with E-state index < -0.39 is 6.29 Å². The van der Waals surface area contributed by atoms with Gasteiger partial charge in [0.1, 0.15) is 0 Å². The van der Waals surface area contributed by atoms with Crippen molar-refractivity contribution in [2.45, 2.75) is 45.2 Å². The van der Waals surface area contributed by atoms with E-state index in [9.17, 15) is 0 Å². The van der Waals surface area contributed by atoms with Gasteiger partial charge in [0.05, 0.1) is 11.2 Å². The molecule has 0 radical (unpaired) electrons. The molecule has 3 nitrogen and oxygen atoms in total. The molecule has 20 heavy (non-hydrogen) atoms. The molecule has 0 bridgehead atoms. The predicted molar refractivity (Wildman–Crippen MR) is 81.4 cm³/mol.